The maximum atomic E-state index is 14.5. The van der Waals surface area contributed by atoms with Gasteiger partial charge in [-0.2, -0.15) is 0 Å². The smallest absolute Gasteiger partial charge is 0.410 e. The number of amides is 2. The van der Waals surface area contributed by atoms with Crippen LogP contribution < -0.4 is 14.8 Å². The van der Waals surface area contributed by atoms with Gasteiger partial charge in [-0.25, -0.2) is 9.78 Å². The topological polar surface area (TPSA) is 93.2 Å². The van der Waals surface area contributed by atoms with E-state index in [0.29, 0.717) is 74.4 Å². The summed E-state index contributed by atoms with van der Waals surface area (Å²) in [6.07, 6.45) is 5.69. The standard InChI is InChI=1S/C36H46N4O5/c1-24(25-11-7-5-8-12-25)37-34(41)32-27-21-30-31(44-20-19-43-30)22-29(27)38-33(26-13-9-6-10-14-26)28(32)23-39-15-17-40(18-16-39)35(42)45-36(2,3)4/h6,9-10,13-14,21-22,24-25H,5,7-8,11-12,15-20,23H2,1-4H3,(H,37,41)/t24-/m0/s1. The van der Waals surface area contributed by atoms with Gasteiger partial charge in [0.15, 0.2) is 11.5 Å². The van der Waals surface area contributed by atoms with Crippen LogP contribution in [0.1, 0.15) is 75.7 Å². The molecule has 6 rings (SSSR count). The second kappa shape index (κ2) is 13.3. The molecule has 2 aromatic carbocycles. The number of benzene rings is 2. The van der Waals surface area contributed by atoms with E-state index in [4.69, 9.17) is 19.2 Å². The molecule has 2 amide bonds. The number of fused-ring (bicyclic) bond motifs is 2. The van der Waals surface area contributed by atoms with E-state index >= 15 is 0 Å². The molecule has 0 spiro atoms. The molecule has 1 aromatic heterocycles. The van der Waals surface area contributed by atoms with Crippen molar-refractivity contribution in [2.45, 2.75) is 78.0 Å². The van der Waals surface area contributed by atoms with Gasteiger partial charge >= 0.3 is 6.09 Å². The third-order valence-corrected chi connectivity index (χ3v) is 9.15. The van der Waals surface area contributed by atoms with E-state index in [0.717, 1.165) is 35.0 Å². The summed E-state index contributed by atoms with van der Waals surface area (Å²) >= 11 is 0. The number of hydrogen-bond donors (Lipinski definition) is 1. The molecule has 1 saturated carbocycles. The molecule has 9 nitrogen and oxygen atoms in total. The number of ether oxygens (including phenoxy) is 3. The Morgan fingerprint density at radius 1 is 0.978 bits per heavy atom. The van der Waals surface area contributed by atoms with Crippen molar-refractivity contribution in [3.05, 3.63) is 53.6 Å². The normalized spacial score (nSPS) is 18.4. The molecule has 1 atom stereocenters. The van der Waals surface area contributed by atoms with Gasteiger partial charge in [0.2, 0.25) is 0 Å². The maximum Gasteiger partial charge on any atom is 0.410 e. The Hall–Kier alpha value is -3.85. The Labute approximate surface area is 266 Å². The number of carbonyl (C=O) groups is 2. The van der Waals surface area contributed by atoms with E-state index in [1.807, 2.05) is 63.2 Å². The molecule has 0 bridgehead atoms. The lowest BCUT2D eigenvalue weighted by Gasteiger charge is -2.36. The van der Waals surface area contributed by atoms with E-state index in [1.54, 1.807) is 4.90 Å². The van der Waals surface area contributed by atoms with Crippen LogP contribution in [0.3, 0.4) is 0 Å². The summed E-state index contributed by atoms with van der Waals surface area (Å²) in [4.78, 5) is 36.5. The molecular formula is C36H46N4O5. The Kier molecular flexibility index (Phi) is 9.17. The van der Waals surface area contributed by atoms with Crippen molar-refractivity contribution in [1.82, 2.24) is 20.1 Å². The lowest BCUT2D eigenvalue weighted by molar-refractivity contribution is 0.0139. The van der Waals surface area contributed by atoms with Crippen LogP contribution in [0.2, 0.25) is 0 Å². The molecule has 1 saturated heterocycles. The van der Waals surface area contributed by atoms with Crippen molar-refractivity contribution in [2.24, 2.45) is 5.92 Å². The van der Waals surface area contributed by atoms with E-state index in [1.165, 1.54) is 19.3 Å². The van der Waals surface area contributed by atoms with Crippen molar-refractivity contribution in [3.8, 4) is 22.8 Å². The van der Waals surface area contributed by atoms with Crippen molar-refractivity contribution < 1.29 is 23.8 Å². The first kappa shape index (κ1) is 31.1. The van der Waals surface area contributed by atoms with E-state index < -0.39 is 5.60 Å². The maximum absolute atomic E-state index is 14.5. The summed E-state index contributed by atoms with van der Waals surface area (Å²) in [5.74, 6) is 1.66. The van der Waals surface area contributed by atoms with Gasteiger partial charge in [-0.15, -0.1) is 0 Å². The predicted molar refractivity (Wildman–Crippen MR) is 175 cm³/mol. The van der Waals surface area contributed by atoms with Gasteiger partial charge in [0.1, 0.15) is 18.8 Å². The quantitative estimate of drug-likeness (QED) is 0.342. The summed E-state index contributed by atoms with van der Waals surface area (Å²) < 4.78 is 17.5. The molecule has 0 radical (unpaired) electrons. The van der Waals surface area contributed by atoms with Crippen LogP contribution in [0.5, 0.6) is 11.5 Å². The van der Waals surface area contributed by atoms with Gasteiger partial charge in [-0.3, -0.25) is 9.69 Å². The van der Waals surface area contributed by atoms with Gasteiger partial charge < -0.3 is 24.4 Å². The lowest BCUT2D eigenvalue weighted by Crippen LogP contribution is -2.49. The second-order valence-electron chi connectivity index (χ2n) is 13.6. The third-order valence-electron chi connectivity index (χ3n) is 9.15. The average Bonchev–Trinajstić information content (AvgIpc) is 3.03. The van der Waals surface area contributed by atoms with E-state index in [2.05, 4.69) is 17.1 Å². The molecule has 9 heteroatoms. The highest BCUT2D eigenvalue weighted by Crippen LogP contribution is 2.39. The fraction of sp³-hybridized carbons (Fsp3) is 0.528. The van der Waals surface area contributed by atoms with Gasteiger partial charge in [0.25, 0.3) is 5.91 Å². The number of nitrogens with one attached hydrogen (secondary N) is 1. The number of hydrogen-bond acceptors (Lipinski definition) is 7. The summed E-state index contributed by atoms with van der Waals surface area (Å²) in [7, 11) is 0. The summed E-state index contributed by atoms with van der Waals surface area (Å²) in [6, 6.07) is 14.0. The monoisotopic (exact) mass is 614 g/mol. The molecule has 1 N–H and O–H groups in total. The molecule has 2 fully saturated rings. The highest BCUT2D eigenvalue weighted by Gasteiger charge is 2.31. The lowest BCUT2D eigenvalue weighted by atomic mass is 9.84. The van der Waals surface area contributed by atoms with Gasteiger partial charge in [-0.05, 0) is 52.5 Å². The minimum Gasteiger partial charge on any atom is -0.486 e. The molecule has 45 heavy (non-hydrogen) atoms. The van der Waals surface area contributed by atoms with E-state index in [-0.39, 0.29) is 18.0 Å². The zero-order chi connectivity index (χ0) is 31.6. The second-order valence-corrected chi connectivity index (χ2v) is 13.6. The van der Waals surface area contributed by atoms with Crippen LogP contribution in [0.25, 0.3) is 22.2 Å². The van der Waals surface area contributed by atoms with Gasteiger partial charge in [0.05, 0.1) is 16.8 Å². The minimum atomic E-state index is -0.541. The third kappa shape index (κ3) is 7.19. The molecule has 1 aliphatic carbocycles. The number of nitrogens with zero attached hydrogens (tertiary/aromatic N) is 3. The van der Waals surface area contributed by atoms with Crippen molar-refractivity contribution in [2.75, 3.05) is 39.4 Å². The van der Waals surface area contributed by atoms with Crippen LogP contribution in [-0.4, -0.2) is 77.8 Å². The van der Waals surface area contributed by atoms with Crippen LogP contribution in [0, 0.1) is 5.92 Å². The highest BCUT2D eigenvalue weighted by atomic mass is 16.6. The minimum absolute atomic E-state index is 0.0589. The van der Waals surface area contributed by atoms with Crippen LogP contribution in [-0.2, 0) is 11.3 Å². The van der Waals surface area contributed by atoms with Gasteiger partial charge in [0, 0.05) is 61.3 Å². The highest BCUT2D eigenvalue weighted by molar-refractivity contribution is 6.09. The zero-order valence-corrected chi connectivity index (χ0v) is 27.1. The molecule has 3 aromatic rings. The van der Waals surface area contributed by atoms with Gasteiger partial charge in [-0.1, -0.05) is 49.6 Å². The fourth-order valence-corrected chi connectivity index (χ4v) is 6.76. The summed E-state index contributed by atoms with van der Waals surface area (Å²) in [5, 5.41) is 4.17. The number of pyridine rings is 1. The zero-order valence-electron chi connectivity index (χ0n) is 27.1. The van der Waals surface area contributed by atoms with Crippen LogP contribution in [0.15, 0.2) is 42.5 Å². The largest absolute Gasteiger partial charge is 0.486 e. The first-order valence-corrected chi connectivity index (χ1v) is 16.5. The number of piperazine rings is 1. The predicted octanol–water partition coefficient (Wildman–Crippen LogP) is 6.42. The first-order valence-electron chi connectivity index (χ1n) is 16.5. The Balaban J connectivity index is 1.39. The van der Waals surface area contributed by atoms with E-state index in [9.17, 15) is 9.59 Å². The Morgan fingerprint density at radius 2 is 1.64 bits per heavy atom. The molecule has 3 heterocycles. The Morgan fingerprint density at radius 3 is 2.31 bits per heavy atom. The molecule has 0 unspecified atom stereocenters. The van der Waals surface area contributed by atoms with Crippen LogP contribution in [0.4, 0.5) is 4.79 Å². The molecule has 3 aliphatic rings. The number of aromatic nitrogens is 1. The van der Waals surface area contributed by atoms with Crippen molar-refractivity contribution >= 4 is 22.9 Å². The van der Waals surface area contributed by atoms with Crippen LogP contribution >= 0.6 is 0 Å². The molecular weight excluding hydrogens is 568 g/mol. The molecule has 2 aliphatic heterocycles. The SMILES string of the molecule is C[C@H](NC(=O)c1c(CN2CCN(C(=O)OC(C)(C)C)CC2)c(-c2ccccc2)nc2cc3c(cc12)OCCO3)C1CCCCC1. The molecule has 240 valence electrons. The fourth-order valence-electron chi connectivity index (χ4n) is 6.76. The first-order chi connectivity index (χ1) is 21.7. The average molecular weight is 615 g/mol. The van der Waals surface area contributed by atoms with Crippen molar-refractivity contribution in [3.63, 3.8) is 0 Å². The number of carbonyl (C=O) groups excluding carboxylic acids is 2. The summed E-state index contributed by atoms with van der Waals surface area (Å²) in [5.41, 5.74) is 3.40. The summed E-state index contributed by atoms with van der Waals surface area (Å²) in [6.45, 7) is 11.7. The van der Waals surface area contributed by atoms with Crippen molar-refractivity contribution in [1.29, 1.82) is 0 Å². The Bertz CT molecular complexity index is 1520. The number of rotatable bonds is 6.